The van der Waals surface area contributed by atoms with E-state index in [1.165, 1.54) is 32.2 Å². The molecule has 27 heavy (non-hydrogen) atoms. The summed E-state index contributed by atoms with van der Waals surface area (Å²) in [5.74, 6) is 1.99. The Balaban J connectivity index is 0.00000210. The largest absolute Gasteiger partial charge is 1.00 e. The molecule has 0 amide bonds. The second kappa shape index (κ2) is 8.26. The monoisotopic (exact) mass is 481 g/mol. The smallest absolute Gasteiger partial charge is 0.161 e. The average molecular weight is 481 g/mol. The van der Waals surface area contributed by atoms with Gasteiger partial charge < -0.3 is 38.0 Å². The predicted molar refractivity (Wildman–Crippen MR) is 104 cm³/mol. The molecule has 3 nitrogen and oxygen atoms in total. The number of likely N-dealkylation sites (tertiary alicyclic amines) is 1. The van der Waals surface area contributed by atoms with Crippen LogP contribution in [0.1, 0.15) is 68.1 Å². The molecule has 0 spiro atoms. The maximum absolute atomic E-state index is 12.0. The van der Waals surface area contributed by atoms with Crippen molar-refractivity contribution in [2.75, 3.05) is 20.6 Å². The quantitative estimate of drug-likeness (QED) is 0.536. The Morgan fingerprint density at radius 2 is 1.63 bits per heavy atom. The minimum absolute atomic E-state index is 0. The van der Waals surface area contributed by atoms with Crippen LogP contribution in [0.5, 0.6) is 0 Å². The van der Waals surface area contributed by atoms with Gasteiger partial charge in [-0.1, -0.05) is 49.6 Å². The van der Waals surface area contributed by atoms with Crippen molar-refractivity contribution in [3.8, 4) is 0 Å². The highest BCUT2D eigenvalue weighted by Crippen LogP contribution is 2.46. The Morgan fingerprint density at radius 1 is 0.926 bits per heavy atom. The summed E-state index contributed by atoms with van der Waals surface area (Å²) in [5, 5.41) is 12.0. The standard InChI is InChI=1S/C23H32NO2.HI/c1-24(2)17-9-14-20(24)21-15-16-22(26-21)23(25,18-10-5-3-6-11-18)19-12-7-4-8-13-19;/h3,5-6,10-11,15-16,19-20,25H,4,7-9,12-14,17H2,1-2H3;1H/q+1;/p-1. The minimum atomic E-state index is -1.02. The molecule has 4 rings (SSSR count). The van der Waals surface area contributed by atoms with E-state index in [2.05, 4.69) is 20.2 Å². The molecule has 2 atom stereocenters. The van der Waals surface area contributed by atoms with E-state index in [4.69, 9.17) is 4.42 Å². The summed E-state index contributed by atoms with van der Waals surface area (Å²) in [4.78, 5) is 0. The first kappa shape index (κ1) is 20.9. The van der Waals surface area contributed by atoms with Gasteiger partial charge in [-0.3, -0.25) is 0 Å². The number of aliphatic hydroxyl groups is 1. The lowest BCUT2D eigenvalue weighted by Crippen LogP contribution is -3.00. The van der Waals surface area contributed by atoms with Crippen molar-refractivity contribution in [2.24, 2.45) is 5.92 Å². The van der Waals surface area contributed by atoms with Crippen LogP contribution >= 0.6 is 0 Å². The molecule has 1 saturated heterocycles. The van der Waals surface area contributed by atoms with E-state index in [-0.39, 0.29) is 29.9 Å². The third kappa shape index (κ3) is 3.85. The number of halogens is 1. The zero-order valence-corrected chi connectivity index (χ0v) is 18.7. The summed E-state index contributed by atoms with van der Waals surface area (Å²) in [6.07, 6.45) is 8.18. The van der Waals surface area contributed by atoms with Crippen molar-refractivity contribution in [3.63, 3.8) is 0 Å². The number of rotatable bonds is 4. The molecule has 0 bridgehead atoms. The number of furan rings is 1. The lowest BCUT2D eigenvalue weighted by atomic mass is 9.72. The fourth-order valence-corrected chi connectivity index (χ4v) is 5.21. The highest BCUT2D eigenvalue weighted by Gasteiger charge is 2.45. The number of nitrogens with zero attached hydrogens (tertiary/aromatic N) is 1. The van der Waals surface area contributed by atoms with Gasteiger partial charge in [0.15, 0.2) is 5.76 Å². The molecule has 2 heterocycles. The first-order valence-electron chi connectivity index (χ1n) is 10.2. The van der Waals surface area contributed by atoms with Gasteiger partial charge in [0.1, 0.15) is 17.4 Å². The van der Waals surface area contributed by atoms with Crippen LogP contribution in [0.4, 0.5) is 0 Å². The number of quaternary nitrogens is 1. The summed E-state index contributed by atoms with van der Waals surface area (Å²) in [5.41, 5.74) is -0.0525. The van der Waals surface area contributed by atoms with E-state index in [0.717, 1.165) is 40.8 Å². The number of benzene rings is 1. The summed E-state index contributed by atoms with van der Waals surface area (Å²) in [6, 6.07) is 14.7. The Hall–Kier alpha value is -0.850. The average Bonchev–Trinajstić information content (AvgIpc) is 3.28. The maximum Gasteiger partial charge on any atom is 0.161 e. The molecule has 2 aromatic rings. The van der Waals surface area contributed by atoms with Gasteiger partial charge in [0.05, 0.1) is 20.6 Å². The van der Waals surface area contributed by atoms with Crippen LogP contribution in [0.2, 0.25) is 0 Å². The molecule has 2 unspecified atom stereocenters. The van der Waals surface area contributed by atoms with Gasteiger partial charge in [-0.2, -0.15) is 0 Å². The van der Waals surface area contributed by atoms with Gasteiger partial charge in [-0.25, -0.2) is 0 Å². The molecule has 2 fully saturated rings. The second-order valence-corrected chi connectivity index (χ2v) is 8.83. The summed E-state index contributed by atoms with van der Waals surface area (Å²) < 4.78 is 7.38. The van der Waals surface area contributed by atoms with E-state index >= 15 is 0 Å². The summed E-state index contributed by atoms with van der Waals surface area (Å²) in [6.45, 7) is 1.19. The Kier molecular flexibility index (Phi) is 6.38. The van der Waals surface area contributed by atoms with Crippen LogP contribution in [0.25, 0.3) is 0 Å². The van der Waals surface area contributed by atoms with Crippen LogP contribution in [-0.4, -0.2) is 30.2 Å². The SMILES string of the molecule is C[N+]1(C)CCCC1c1ccc(C(O)(c2ccccc2)C2CCCCC2)o1.[I-]. The zero-order valence-electron chi connectivity index (χ0n) is 16.5. The molecular weight excluding hydrogens is 449 g/mol. The lowest BCUT2D eigenvalue weighted by molar-refractivity contribution is -0.909. The van der Waals surface area contributed by atoms with E-state index in [1.807, 2.05) is 36.4 Å². The molecular formula is C23H32INO2. The van der Waals surface area contributed by atoms with Crippen molar-refractivity contribution < 1.29 is 38.0 Å². The third-order valence-electron chi connectivity index (χ3n) is 6.80. The Bertz CT molecular complexity index is 736. The van der Waals surface area contributed by atoms with Gasteiger partial charge in [-0.15, -0.1) is 0 Å². The van der Waals surface area contributed by atoms with Crippen LogP contribution in [0.15, 0.2) is 46.9 Å². The molecule has 1 aromatic heterocycles. The molecule has 1 aliphatic carbocycles. The first-order valence-corrected chi connectivity index (χ1v) is 10.2. The predicted octanol–water partition coefficient (Wildman–Crippen LogP) is 2.01. The van der Waals surface area contributed by atoms with E-state index in [0.29, 0.717) is 6.04 Å². The minimum Gasteiger partial charge on any atom is -1.00 e. The van der Waals surface area contributed by atoms with E-state index in [9.17, 15) is 5.11 Å². The van der Waals surface area contributed by atoms with Gasteiger partial charge >= 0.3 is 0 Å². The Labute approximate surface area is 180 Å². The molecule has 1 saturated carbocycles. The van der Waals surface area contributed by atoms with Crippen LogP contribution in [0, 0.1) is 5.92 Å². The van der Waals surface area contributed by atoms with E-state index < -0.39 is 5.60 Å². The fraction of sp³-hybridized carbons (Fsp3) is 0.565. The molecule has 0 radical (unpaired) electrons. The number of hydrogen-bond acceptors (Lipinski definition) is 2. The summed E-state index contributed by atoms with van der Waals surface area (Å²) >= 11 is 0. The van der Waals surface area contributed by atoms with Crippen molar-refractivity contribution in [1.82, 2.24) is 0 Å². The van der Waals surface area contributed by atoms with Crippen molar-refractivity contribution in [3.05, 3.63) is 59.5 Å². The van der Waals surface area contributed by atoms with Crippen LogP contribution in [0.3, 0.4) is 0 Å². The summed E-state index contributed by atoms with van der Waals surface area (Å²) in [7, 11) is 4.56. The van der Waals surface area contributed by atoms with Crippen molar-refractivity contribution >= 4 is 0 Å². The maximum atomic E-state index is 12.0. The van der Waals surface area contributed by atoms with Crippen molar-refractivity contribution in [2.45, 2.75) is 56.6 Å². The van der Waals surface area contributed by atoms with E-state index in [1.54, 1.807) is 0 Å². The molecule has 1 aliphatic heterocycles. The van der Waals surface area contributed by atoms with Crippen LogP contribution < -0.4 is 24.0 Å². The highest BCUT2D eigenvalue weighted by atomic mass is 127. The highest BCUT2D eigenvalue weighted by molar-refractivity contribution is 5.33. The Morgan fingerprint density at radius 3 is 2.26 bits per heavy atom. The topological polar surface area (TPSA) is 33.4 Å². The van der Waals surface area contributed by atoms with Gasteiger partial charge in [0, 0.05) is 12.8 Å². The van der Waals surface area contributed by atoms with Crippen molar-refractivity contribution in [1.29, 1.82) is 0 Å². The third-order valence-corrected chi connectivity index (χ3v) is 6.80. The fourth-order valence-electron chi connectivity index (χ4n) is 5.21. The van der Waals surface area contributed by atoms with Crippen LogP contribution in [-0.2, 0) is 5.60 Å². The molecule has 148 valence electrons. The molecule has 4 heteroatoms. The molecule has 1 aromatic carbocycles. The van der Waals surface area contributed by atoms with Gasteiger partial charge in [0.2, 0.25) is 0 Å². The normalized spacial score (nSPS) is 24.9. The molecule has 1 N–H and O–H groups in total. The molecule has 2 aliphatic rings. The zero-order chi connectivity index (χ0) is 18.2. The number of hydrogen-bond donors (Lipinski definition) is 1. The van der Waals surface area contributed by atoms with Gasteiger partial charge in [0.25, 0.3) is 0 Å². The van der Waals surface area contributed by atoms with Gasteiger partial charge in [-0.05, 0) is 36.5 Å². The second-order valence-electron chi connectivity index (χ2n) is 8.83. The first-order chi connectivity index (χ1) is 12.5. The lowest BCUT2D eigenvalue weighted by Gasteiger charge is -2.37.